The summed E-state index contributed by atoms with van der Waals surface area (Å²) in [5.74, 6) is -2.47. The summed E-state index contributed by atoms with van der Waals surface area (Å²) in [6.07, 6.45) is 0. The summed E-state index contributed by atoms with van der Waals surface area (Å²) in [6, 6.07) is 3.16. The molecule has 0 N–H and O–H groups in total. The van der Waals surface area contributed by atoms with Crippen molar-refractivity contribution in [2.24, 2.45) is 0 Å². The molecule has 1 aromatic carbocycles. The van der Waals surface area contributed by atoms with E-state index in [4.69, 9.17) is 0 Å². The monoisotopic (exact) mass is 162 g/mol. The molecule has 0 aliphatic rings. The van der Waals surface area contributed by atoms with Crippen molar-refractivity contribution in [1.82, 2.24) is 0 Å². The van der Waals surface area contributed by atoms with Crippen LogP contribution in [0, 0.1) is 11.6 Å². The first-order valence-electron chi connectivity index (χ1n) is 2.88. The van der Waals surface area contributed by atoms with Gasteiger partial charge in [0.05, 0.1) is 0 Å². The SMILES string of the molecule is FCOc1c(F)cccc1F. The van der Waals surface area contributed by atoms with Crippen LogP contribution in [-0.2, 0) is 0 Å². The van der Waals surface area contributed by atoms with Gasteiger partial charge in [-0.05, 0) is 12.1 Å². The Kier molecular flexibility index (Phi) is 2.36. The van der Waals surface area contributed by atoms with E-state index in [9.17, 15) is 13.2 Å². The van der Waals surface area contributed by atoms with Crippen LogP contribution in [0.3, 0.4) is 0 Å². The van der Waals surface area contributed by atoms with Gasteiger partial charge in [0.25, 0.3) is 0 Å². The molecule has 0 aromatic heterocycles. The zero-order valence-electron chi connectivity index (χ0n) is 5.48. The molecular formula is C7H5F3O. The second-order valence-corrected chi connectivity index (χ2v) is 1.80. The van der Waals surface area contributed by atoms with Gasteiger partial charge in [0.15, 0.2) is 17.4 Å². The summed E-state index contributed by atoms with van der Waals surface area (Å²) in [7, 11) is 0. The lowest BCUT2D eigenvalue weighted by molar-refractivity contribution is 0.176. The van der Waals surface area contributed by atoms with E-state index in [1.54, 1.807) is 0 Å². The molecule has 0 amide bonds. The van der Waals surface area contributed by atoms with E-state index in [2.05, 4.69) is 4.74 Å². The summed E-state index contributed by atoms with van der Waals surface area (Å²) in [5, 5.41) is 0. The number of ether oxygens (including phenoxy) is 1. The van der Waals surface area contributed by atoms with E-state index in [1.807, 2.05) is 0 Å². The van der Waals surface area contributed by atoms with Crippen LogP contribution in [0.25, 0.3) is 0 Å². The van der Waals surface area contributed by atoms with Gasteiger partial charge in [0.1, 0.15) is 0 Å². The molecule has 0 aliphatic carbocycles. The Labute approximate surface area is 61.4 Å². The van der Waals surface area contributed by atoms with Crippen molar-refractivity contribution < 1.29 is 17.9 Å². The Morgan fingerprint density at radius 3 is 2.18 bits per heavy atom. The molecule has 1 rings (SSSR count). The average Bonchev–Trinajstić information content (AvgIpc) is 1.97. The largest absolute Gasteiger partial charge is 0.457 e. The first-order chi connectivity index (χ1) is 5.25. The molecule has 0 aliphatic heterocycles. The molecule has 0 unspecified atom stereocenters. The molecule has 4 heteroatoms. The second kappa shape index (κ2) is 3.27. The van der Waals surface area contributed by atoms with Crippen LogP contribution < -0.4 is 4.74 Å². The number of rotatable bonds is 2. The van der Waals surface area contributed by atoms with Crippen LogP contribution in [0.2, 0.25) is 0 Å². The highest BCUT2D eigenvalue weighted by Gasteiger charge is 2.08. The van der Waals surface area contributed by atoms with E-state index >= 15 is 0 Å². The van der Waals surface area contributed by atoms with E-state index in [1.165, 1.54) is 6.07 Å². The van der Waals surface area contributed by atoms with E-state index < -0.39 is 24.2 Å². The van der Waals surface area contributed by atoms with Crippen LogP contribution in [0.5, 0.6) is 5.75 Å². The van der Waals surface area contributed by atoms with Crippen molar-refractivity contribution in [3.63, 3.8) is 0 Å². The Bertz CT molecular complexity index is 229. The molecule has 0 saturated heterocycles. The molecule has 1 nitrogen and oxygen atoms in total. The third-order valence-corrected chi connectivity index (χ3v) is 1.12. The van der Waals surface area contributed by atoms with Gasteiger partial charge in [-0.15, -0.1) is 0 Å². The van der Waals surface area contributed by atoms with Crippen molar-refractivity contribution in [2.75, 3.05) is 6.86 Å². The molecular weight excluding hydrogens is 157 g/mol. The highest BCUT2D eigenvalue weighted by atomic mass is 19.1. The van der Waals surface area contributed by atoms with Crippen molar-refractivity contribution in [1.29, 1.82) is 0 Å². The molecule has 0 fully saturated rings. The van der Waals surface area contributed by atoms with Gasteiger partial charge in [0, 0.05) is 0 Å². The lowest BCUT2D eigenvalue weighted by Crippen LogP contribution is -1.96. The minimum atomic E-state index is -1.24. The summed E-state index contributed by atoms with van der Waals surface area (Å²) >= 11 is 0. The van der Waals surface area contributed by atoms with Gasteiger partial charge < -0.3 is 4.74 Å². The Morgan fingerprint density at radius 1 is 1.18 bits per heavy atom. The number of benzene rings is 1. The van der Waals surface area contributed by atoms with Crippen molar-refractivity contribution in [3.8, 4) is 5.75 Å². The Morgan fingerprint density at radius 2 is 1.73 bits per heavy atom. The topological polar surface area (TPSA) is 9.23 Å². The smallest absolute Gasteiger partial charge is 0.228 e. The predicted octanol–water partition coefficient (Wildman–Crippen LogP) is 2.27. The molecule has 0 bridgehead atoms. The number of hydrogen-bond acceptors (Lipinski definition) is 1. The summed E-state index contributed by atoms with van der Waals surface area (Å²) < 4.78 is 40.5. The van der Waals surface area contributed by atoms with Crippen molar-refractivity contribution >= 4 is 0 Å². The third-order valence-electron chi connectivity index (χ3n) is 1.12. The average molecular weight is 162 g/mol. The van der Waals surface area contributed by atoms with Crippen molar-refractivity contribution in [3.05, 3.63) is 29.8 Å². The minimum Gasteiger partial charge on any atom is -0.457 e. The minimum absolute atomic E-state index is 0.671. The lowest BCUT2D eigenvalue weighted by Gasteiger charge is -2.02. The number of halogens is 3. The lowest BCUT2D eigenvalue weighted by atomic mass is 10.3. The van der Waals surface area contributed by atoms with Crippen LogP contribution in [0.1, 0.15) is 0 Å². The van der Waals surface area contributed by atoms with Gasteiger partial charge in [-0.2, -0.15) is 0 Å². The van der Waals surface area contributed by atoms with Crippen molar-refractivity contribution in [2.45, 2.75) is 0 Å². The quantitative estimate of drug-likeness (QED) is 0.648. The molecule has 0 spiro atoms. The van der Waals surface area contributed by atoms with Crippen LogP contribution in [0.4, 0.5) is 13.2 Å². The summed E-state index contributed by atoms with van der Waals surface area (Å²) in [4.78, 5) is 0. The van der Waals surface area contributed by atoms with Gasteiger partial charge in [-0.25, -0.2) is 13.2 Å². The first-order valence-corrected chi connectivity index (χ1v) is 2.88. The normalized spacial score (nSPS) is 9.73. The third kappa shape index (κ3) is 1.63. The Hall–Kier alpha value is -1.19. The molecule has 0 saturated carbocycles. The maximum Gasteiger partial charge on any atom is 0.228 e. The predicted molar refractivity (Wildman–Crippen MR) is 33.0 cm³/mol. The summed E-state index contributed by atoms with van der Waals surface area (Å²) in [5.41, 5.74) is 0. The van der Waals surface area contributed by atoms with Gasteiger partial charge in [0.2, 0.25) is 6.86 Å². The van der Waals surface area contributed by atoms with Gasteiger partial charge in [-0.1, -0.05) is 6.07 Å². The van der Waals surface area contributed by atoms with Crippen LogP contribution in [0.15, 0.2) is 18.2 Å². The second-order valence-electron chi connectivity index (χ2n) is 1.80. The fraction of sp³-hybridized carbons (Fsp3) is 0.143. The maximum absolute atomic E-state index is 12.5. The first kappa shape index (κ1) is 7.91. The zero-order chi connectivity index (χ0) is 8.27. The van der Waals surface area contributed by atoms with E-state index in [0.717, 1.165) is 12.1 Å². The molecule has 0 atom stereocenters. The van der Waals surface area contributed by atoms with E-state index in [0.29, 0.717) is 0 Å². The fourth-order valence-corrected chi connectivity index (χ4v) is 0.675. The highest BCUT2D eigenvalue weighted by Crippen LogP contribution is 2.20. The standard InChI is InChI=1S/C7H5F3O/c8-4-11-7-5(9)2-1-3-6(7)10/h1-3H,4H2. The van der Waals surface area contributed by atoms with Crippen LogP contribution in [-0.4, -0.2) is 6.86 Å². The zero-order valence-corrected chi connectivity index (χ0v) is 5.48. The Balaban J connectivity index is 3.00. The number of para-hydroxylation sites is 1. The van der Waals surface area contributed by atoms with Gasteiger partial charge >= 0.3 is 0 Å². The fourth-order valence-electron chi connectivity index (χ4n) is 0.675. The molecule has 0 radical (unpaired) electrons. The number of alkyl halides is 1. The maximum atomic E-state index is 12.5. The molecule has 0 heterocycles. The summed E-state index contributed by atoms with van der Waals surface area (Å²) in [6.45, 7) is -1.24. The van der Waals surface area contributed by atoms with Crippen LogP contribution >= 0.6 is 0 Å². The highest BCUT2D eigenvalue weighted by molar-refractivity contribution is 5.25. The number of hydrogen-bond donors (Lipinski definition) is 0. The molecule has 60 valence electrons. The van der Waals surface area contributed by atoms with E-state index in [-0.39, 0.29) is 0 Å². The molecule has 11 heavy (non-hydrogen) atoms. The molecule has 1 aromatic rings. The van der Waals surface area contributed by atoms with Gasteiger partial charge in [-0.3, -0.25) is 0 Å².